The molecule has 1 aromatic rings. The van der Waals surface area contributed by atoms with Gasteiger partial charge in [0.25, 0.3) is 0 Å². The van der Waals surface area contributed by atoms with Crippen LogP contribution < -0.4 is 4.74 Å². The van der Waals surface area contributed by atoms with Gasteiger partial charge in [0.2, 0.25) is 11.7 Å². The molecule has 0 aromatic carbocycles. The van der Waals surface area contributed by atoms with Crippen LogP contribution in [0.4, 0.5) is 0 Å². The lowest BCUT2D eigenvalue weighted by Gasteiger charge is -2.45. The maximum absolute atomic E-state index is 12.4. The van der Waals surface area contributed by atoms with Gasteiger partial charge in [-0.15, -0.1) is 0 Å². The first-order valence-corrected chi connectivity index (χ1v) is 8.67. The first kappa shape index (κ1) is 18.1. The van der Waals surface area contributed by atoms with Crippen molar-refractivity contribution in [2.75, 3.05) is 13.7 Å². The zero-order valence-electron chi connectivity index (χ0n) is 15.3. The van der Waals surface area contributed by atoms with Gasteiger partial charge >= 0.3 is 5.97 Å². The van der Waals surface area contributed by atoms with Crippen molar-refractivity contribution in [3.8, 4) is 11.9 Å². The lowest BCUT2D eigenvalue weighted by molar-refractivity contribution is -0.121. The highest BCUT2D eigenvalue weighted by Gasteiger charge is 2.50. The number of carbonyl (C=O) groups is 2. The van der Waals surface area contributed by atoms with E-state index in [4.69, 9.17) is 9.47 Å². The number of aromatic nitrogens is 2. The minimum atomic E-state index is -0.649. The van der Waals surface area contributed by atoms with E-state index in [0.717, 1.165) is 12.0 Å². The largest absolute Gasteiger partial charge is 0.481 e. The summed E-state index contributed by atoms with van der Waals surface area (Å²) in [6, 6.07) is 2.00. The fourth-order valence-corrected chi connectivity index (χ4v) is 4.20. The Morgan fingerprint density at radius 2 is 2.19 bits per heavy atom. The molecule has 0 amide bonds. The number of fused-ring (bicyclic) bond motifs is 3. The Morgan fingerprint density at radius 1 is 1.46 bits per heavy atom. The minimum Gasteiger partial charge on any atom is -0.481 e. The number of carbonyl (C=O) groups excluding carboxylic acids is 2. The minimum absolute atomic E-state index is 0.00532. The van der Waals surface area contributed by atoms with Crippen molar-refractivity contribution in [3.05, 3.63) is 28.7 Å². The Bertz CT molecular complexity index is 855. The number of hydrogen-bond acceptors (Lipinski definition) is 7. The average Bonchev–Trinajstić information content (AvgIpc) is 2.64. The highest BCUT2D eigenvalue weighted by molar-refractivity contribution is 6.02. The van der Waals surface area contributed by atoms with Crippen LogP contribution in [0.2, 0.25) is 0 Å². The number of nitrogens with zero attached hydrogens (tertiary/aromatic N) is 3. The molecule has 7 nitrogen and oxygen atoms in total. The summed E-state index contributed by atoms with van der Waals surface area (Å²) in [4.78, 5) is 33.3. The van der Waals surface area contributed by atoms with Crippen molar-refractivity contribution in [1.29, 1.82) is 5.26 Å². The van der Waals surface area contributed by atoms with Crippen molar-refractivity contribution >= 4 is 11.8 Å². The second kappa shape index (κ2) is 6.52. The zero-order chi connectivity index (χ0) is 19.1. The molecule has 1 heterocycles. The number of Topliss-reactive ketones (excluding diaryl/α,β-unsaturated/α-hetero) is 1. The van der Waals surface area contributed by atoms with Crippen molar-refractivity contribution in [3.63, 3.8) is 0 Å². The molecule has 3 rings (SSSR count). The summed E-state index contributed by atoms with van der Waals surface area (Å²) in [5.41, 5.74) is 0.938. The molecule has 0 N–H and O–H groups in total. The molecule has 0 aliphatic heterocycles. The average molecular weight is 355 g/mol. The number of rotatable bonds is 3. The molecule has 0 spiro atoms. The quantitative estimate of drug-likeness (QED) is 0.765. The topological polar surface area (TPSA) is 102 Å². The van der Waals surface area contributed by atoms with Crippen LogP contribution in [0.5, 0.6) is 5.88 Å². The molecule has 0 bridgehead atoms. The molecular formula is C19H21N3O4. The molecule has 136 valence electrons. The van der Waals surface area contributed by atoms with Crippen LogP contribution >= 0.6 is 0 Å². The van der Waals surface area contributed by atoms with Gasteiger partial charge in [0, 0.05) is 16.9 Å². The highest BCUT2D eigenvalue weighted by Crippen LogP contribution is 2.50. The number of ether oxygens (including phenoxy) is 2. The van der Waals surface area contributed by atoms with Gasteiger partial charge in [-0.1, -0.05) is 19.9 Å². The smallest absolute Gasteiger partial charge is 0.376 e. The third kappa shape index (κ3) is 2.57. The van der Waals surface area contributed by atoms with Crippen LogP contribution in [0, 0.1) is 23.2 Å². The van der Waals surface area contributed by atoms with Crippen molar-refractivity contribution in [2.24, 2.45) is 11.8 Å². The lowest BCUT2D eigenvalue weighted by Crippen LogP contribution is -2.46. The van der Waals surface area contributed by atoms with Crippen molar-refractivity contribution < 1.29 is 19.1 Å². The van der Waals surface area contributed by atoms with Crippen LogP contribution in [0.15, 0.2) is 11.6 Å². The predicted octanol–water partition coefficient (Wildman–Crippen LogP) is 2.15. The fourth-order valence-electron chi connectivity index (χ4n) is 4.20. The van der Waals surface area contributed by atoms with E-state index in [1.54, 1.807) is 13.0 Å². The van der Waals surface area contributed by atoms with E-state index in [-0.39, 0.29) is 35.6 Å². The summed E-state index contributed by atoms with van der Waals surface area (Å²) in [7, 11) is 1.50. The summed E-state index contributed by atoms with van der Waals surface area (Å²) < 4.78 is 10.4. The molecule has 0 fully saturated rings. The number of ketones is 1. The molecule has 0 saturated heterocycles. The molecule has 1 unspecified atom stereocenters. The Kier molecular flexibility index (Phi) is 4.53. The molecular weight excluding hydrogens is 334 g/mol. The van der Waals surface area contributed by atoms with Crippen molar-refractivity contribution in [1.82, 2.24) is 9.97 Å². The van der Waals surface area contributed by atoms with E-state index < -0.39 is 11.4 Å². The van der Waals surface area contributed by atoms with E-state index in [9.17, 15) is 14.9 Å². The molecule has 26 heavy (non-hydrogen) atoms. The van der Waals surface area contributed by atoms with Gasteiger partial charge in [0.05, 0.1) is 25.0 Å². The summed E-state index contributed by atoms with van der Waals surface area (Å²) in [5.74, 6) is -0.780. The van der Waals surface area contributed by atoms with Crippen LogP contribution in [0.1, 0.15) is 49.1 Å². The van der Waals surface area contributed by atoms with Crippen molar-refractivity contribution in [2.45, 2.75) is 39.0 Å². The predicted molar refractivity (Wildman–Crippen MR) is 91.6 cm³/mol. The normalized spacial score (nSPS) is 26.9. The third-order valence-corrected chi connectivity index (χ3v) is 5.45. The summed E-state index contributed by atoms with van der Waals surface area (Å²) >= 11 is 0. The lowest BCUT2D eigenvalue weighted by atomic mass is 9.58. The molecule has 7 heteroatoms. The van der Waals surface area contributed by atoms with Gasteiger partial charge in [-0.25, -0.2) is 9.78 Å². The first-order chi connectivity index (χ1) is 12.4. The maximum Gasteiger partial charge on any atom is 0.376 e. The number of esters is 1. The standard InChI is InChI=1S/C19H21N3O4/c1-5-26-18(24)16-21-15-12(17(22-16)25-4)6-7-13-10(2)14(23)11(9-20)8-19(13,15)3/h8,10,13H,5-7H2,1-4H3/t10?,13-,19-/m0/s1. The van der Waals surface area contributed by atoms with Gasteiger partial charge in [-0.3, -0.25) is 4.79 Å². The molecule has 0 radical (unpaired) electrons. The monoisotopic (exact) mass is 355 g/mol. The molecule has 2 aliphatic rings. The zero-order valence-corrected chi connectivity index (χ0v) is 15.3. The van der Waals surface area contributed by atoms with Gasteiger partial charge < -0.3 is 9.47 Å². The van der Waals surface area contributed by atoms with E-state index in [1.165, 1.54) is 7.11 Å². The molecule has 3 atom stereocenters. The van der Waals surface area contributed by atoms with Gasteiger partial charge in [0.1, 0.15) is 6.07 Å². The number of methoxy groups -OCH3 is 1. The van der Waals surface area contributed by atoms with E-state index in [1.807, 2.05) is 19.9 Å². The molecule has 2 aliphatic carbocycles. The second-order valence-electron chi connectivity index (χ2n) is 6.85. The SMILES string of the molecule is CCOC(=O)c1nc(OC)c2c(n1)[C@@]1(C)C=C(C#N)C(=O)C(C)[C@@H]1CC2. The number of allylic oxidation sites excluding steroid dienone is 2. The van der Waals surface area contributed by atoms with Crippen LogP contribution in [0.3, 0.4) is 0 Å². The number of hydrogen-bond donors (Lipinski definition) is 0. The summed E-state index contributed by atoms with van der Waals surface area (Å²) in [6.45, 7) is 5.73. The van der Waals surface area contributed by atoms with E-state index in [0.29, 0.717) is 18.0 Å². The highest BCUT2D eigenvalue weighted by atomic mass is 16.5. The van der Waals surface area contributed by atoms with E-state index >= 15 is 0 Å². The Morgan fingerprint density at radius 3 is 2.81 bits per heavy atom. The Labute approximate surface area is 152 Å². The third-order valence-electron chi connectivity index (χ3n) is 5.45. The maximum atomic E-state index is 12.4. The van der Waals surface area contributed by atoms with Gasteiger partial charge in [0.15, 0.2) is 5.78 Å². The Balaban J connectivity index is 2.24. The molecule has 0 saturated carbocycles. The summed E-state index contributed by atoms with van der Waals surface area (Å²) in [5, 5.41) is 9.37. The van der Waals surface area contributed by atoms with Gasteiger partial charge in [-0.2, -0.15) is 10.2 Å². The van der Waals surface area contributed by atoms with Gasteiger partial charge in [-0.05, 0) is 25.7 Å². The molecule has 1 aromatic heterocycles. The summed E-state index contributed by atoms with van der Waals surface area (Å²) in [6.07, 6.45) is 3.10. The van der Waals surface area contributed by atoms with E-state index in [2.05, 4.69) is 9.97 Å². The van der Waals surface area contributed by atoms with Crippen LogP contribution in [-0.2, 0) is 21.4 Å². The second-order valence-corrected chi connectivity index (χ2v) is 6.85. The van der Waals surface area contributed by atoms with Crippen LogP contribution in [-0.4, -0.2) is 35.4 Å². The number of nitriles is 1. The Hall–Kier alpha value is -2.75. The first-order valence-electron chi connectivity index (χ1n) is 8.67. The van der Waals surface area contributed by atoms with Crippen LogP contribution in [0.25, 0.3) is 0 Å². The fraction of sp³-hybridized carbons (Fsp3) is 0.526.